The lowest BCUT2D eigenvalue weighted by Crippen LogP contribution is -2.46. The number of piperazine rings is 1. The Morgan fingerprint density at radius 1 is 0.850 bits per heavy atom. The summed E-state index contributed by atoms with van der Waals surface area (Å²) in [6, 6.07) is 18.4. The summed E-state index contributed by atoms with van der Waals surface area (Å²) in [5.41, 5.74) is 2.13. The molecule has 1 amide bonds. The van der Waals surface area contributed by atoms with Crippen molar-refractivity contribution in [2.24, 2.45) is 0 Å². The number of carbonyl (C=O) groups excluding carboxylic acids is 1. The minimum absolute atomic E-state index is 0.0634. The van der Waals surface area contributed by atoms with Crippen LogP contribution in [0.5, 0.6) is 5.75 Å². The number of nitrogens with one attached hydrogen (secondary N) is 2. The number of hydrogen-bond donors (Lipinski definition) is 3. The number of amides is 1. The molecule has 1 atom stereocenters. The largest absolute Gasteiger partial charge is 0.491 e. The van der Waals surface area contributed by atoms with Crippen molar-refractivity contribution in [3.05, 3.63) is 54.6 Å². The smallest absolute Gasteiger partial charge is 0.224 e. The molecule has 0 aliphatic carbocycles. The molecule has 1 fully saturated rings. The second kappa shape index (κ2) is 18.7. The molecule has 1 aliphatic rings. The van der Waals surface area contributed by atoms with Crippen LogP contribution in [0.25, 0.3) is 0 Å². The van der Waals surface area contributed by atoms with Crippen LogP contribution < -0.4 is 20.3 Å². The molecule has 1 unspecified atom stereocenters. The fourth-order valence-corrected chi connectivity index (χ4v) is 5.03. The van der Waals surface area contributed by atoms with E-state index in [2.05, 4.69) is 50.8 Å². The lowest BCUT2D eigenvalue weighted by atomic mass is 10.1. The fraction of sp³-hybridized carbons (Fsp3) is 0.606. The average Bonchev–Trinajstić information content (AvgIpc) is 2.97. The Bertz CT molecular complexity index is 930. The molecule has 40 heavy (non-hydrogen) atoms. The summed E-state index contributed by atoms with van der Waals surface area (Å²) in [4.78, 5) is 17.4. The number of unbranched alkanes of at least 4 members (excludes halogenated alkanes) is 7. The van der Waals surface area contributed by atoms with Gasteiger partial charge in [-0.1, -0.05) is 70.6 Å². The highest BCUT2D eigenvalue weighted by Crippen LogP contribution is 2.18. The van der Waals surface area contributed by atoms with Crippen LogP contribution in [0.4, 0.5) is 11.4 Å². The van der Waals surface area contributed by atoms with Crippen LogP contribution >= 0.6 is 0 Å². The number of aliphatic hydroxyl groups excluding tert-OH is 1. The maximum Gasteiger partial charge on any atom is 0.224 e. The highest BCUT2D eigenvalue weighted by atomic mass is 16.5. The van der Waals surface area contributed by atoms with Gasteiger partial charge in [-0.2, -0.15) is 0 Å². The van der Waals surface area contributed by atoms with Crippen LogP contribution in [0, 0.1) is 0 Å². The molecule has 0 spiro atoms. The van der Waals surface area contributed by atoms with Crippen LogP contribution in [0.3, 0.4) is 0 Å². The van der Waals surface area contributed by atoms with Crippen molar-refractivity contribution in [1.82, 2.24) is 10.2 Å². The van der Waals surface area contributed by atoms with Gasteiger partial charge in [-0.15, -0.1) is 0 Å². The summed E-state index contributed by atoms with van der Waals surface area (Å²) >= 11 is 0. The average molecular weight is 553 g/mol. The first-order valence-electron chi connectivity index (χ1n) is 15.5. The van der Waals surface area contributed by atoms with E-state index >= 15 is 0 Å². The summed E-state index contributed by atoms with van der Waals surface area (Å²) in [6.07, 6.45) is 9.76. The summed E-state index contributed by atoms with van der Waals surface area (Å²) in [7, 11) is 0. The molecule has 1 aliphatic heterocycles. The molecular formula is C33H52N4O3. The molecule has 0 radical (unpaired) electrons. The third-order valence-corrected chi connectivity index (χ3v) is 7.46. The third-order valence-electron chi connectivity index (χ3n) is 7.46. The lowest BCUT2D eigenvalue weighted by Gasteiger charge is -2.36. The van der Waals surface area contributed by atoms with Crippen molar-refractivity contribution >= 4 is 17.3 Å². The van der Waals surface area contributed by atoms with E-state index in [0.29, 0.717) is 24.8 Å². The standard InChI is InChI=1S/C33H52N4O3/c1-28(2)34-26-31(38)27-40-32-19-17-29(18-20-32)35-33(39)16-12-7-5-3-4-6-8-13-21-36-22-24-37(25-23-36)30-14-10-9-11-15-30/h9-11,14-15,17-20,28,31,34,38H,3-8,12-13,16,21-27H2,1-2H3,(H,35,39). The van der Waals surface area contributed by atoms with Gasteiger partial charge in [0.1, 0.15) is 18.5 Å². The van der Waals surface area contributed by atoms with Gasteiger partial charge in [-0.25, -0.2) is 0 Å². The minimum atomic E-state index is -0.556. The van der Waals surface area contributed by atoms with Crippen molar-refractivity contribution in [2.75, 3.05) is 56.1 Å². The summed E-state index contributed by atoms with van der Waals surface area (Å²) in [5.74, 6) is 0.747. The Morgan fingerprint density at radius 3 is 2.12 bits per heavy atom. The Labute approximate surface area is 242 Å². The fourth-order valence-electron chi connectivity index (χ4n) is 5.03. The normalized spacial score (nSPS) is 14.8. The highest BCUT2D eigenvalue weighted by molar-refractivity contribution is 5.90. The number of benzene rings is 2. The summed E-state index contributed by atoms with van der Waals surface area (Å²) in [5, 5.41) is 16.1. The van der Waals surface area contributed by atoms with Crippen molar-refractivity contribution in [1.29, 1.82) is 0 Å². The third kappa shape index (κ3) is 13.2. The zero-order chi connectivity index (χ0) is 28.4. The topological polar surface area (TPSA) is 77.1 Å². The molecule has 222 valence electrons. The van der Waals surface area contributed by atoms with Crippen molar-refractivity contribution in [2.45, 2.75) is 83.8 Å². The molecular weight excluding hydrogens is 500 g/mol. The summed E-state index contributed by atoms with van der Waals surface area (Å²) in [6.45, 7) is 10.6. The second-order valence-corrected chi connectivity index (χ2v) is 11.3. The van der Waals surface area contributed by atoms with Crippen LogP contribution in [-0.4, -0.2) is 73.9 Å². The van der Waals surface area contributed by atoms with Gasteiger partial charge >= 0.3 is 0 Å². The van der Waals surface area contributed by atoms with Crippen molar-refractivity contribution in [3.8, 4) is 5.75 Å². The first-order chi connectivity index (χ1) is 19.5. The van der Waals surface area contributed by atoms with Crippen LogP contribution in [-0.2, 0) is 4.79 Å². The van der Waals surface area contributed by atoms with Crippen LogP contribution in [0.1, 0.15) is 71.6 Å². The number of anilines is 2. The van der Waals surface area contributed by atoms with E-state index in [1.165, 1.54) is 63.8 Å². The predicted octanol–water partition coefficient (Wildman–Crippen LogP) is 5.70. The van der Waals surface area contributed by atoms with E-state index in [1.54, 1.807) is 0 Å². The maximum atomic E-state index is 12.3. The zero-order valence-electron chi connectivity index (χ0n) is 24.8. The predicted molar refractivity (Wildman–Crippen MR) is 166 cm³/mol. The van der Waals surface area contributed by atoms with Crippen molar-refractivity contribution < 1.29 is 14.6 Å². The number of nitrogens with zero attached hydrogens (tertiary/aromatic N) is 2. The van der Waals surface area contributed by atoms with E-state index < -0.39 is 6.10 Å². The van der Waals surface area contributed by atoms with E-state index in [0.717, 1.165) is 31.6 Å². The number of rotatable bonds is 19. The molecule has 2 aromatic carbocycles. The zero-order valence-corrected chi connectivity index (χ0v) is 24.8. The molecule has 3 N–H and O–H groups in total. The number of ether oxygens (including phenoxy) is 1. The maximum absolute atomic E-state index is 12.3. The van der Waals surface area contributed by atoms with Gasteiger partial charge in [0, 0.05) is 56.6 Å². The molecule has 3 rings (SSSR count). The van der Waals surface area contributed by atoms with Gasteiger partial charge in [0.25, 0.3) is 0 Å². The Morgan fingerprint density at radius 2 is 1.48 bits per heavy atom. The quantitative estimate of drug-likeness (QED) is 0.194. The SMILES string of the molecule is CC(C)NCC(O)COc1ccc(NC(=O)CCCCCCCCCCN2CCN(c3ccccc3)CC2)cc1. The molecule has 1 heterocycles. The Kier molecular flexibility index (Phi) is 14.9. The van der Waals surface area contributed by atoms with Gasteiger partial charge in [0.2, 0.25) is 5.91 Å². The molecule has 2 aromatic rings. The van der Waals surface area contributed by atoms with E-state index in [9.17, 15) is 9.90 Å². The highest BCUT2D eigenvalue weighted by Gasteiger charge is 2.16. The molecule has 7 nitrogen and oxygen atoms in total. The number of aliphatic hydroxyl groups is 1. The first-order valence-corrected chi connectivity index (χ1v) is 15.5. The van der Waals surface area contributed by atoms with Gasteiger partial charge in [-0.3, -0.25) is 9.69 Å². The van der Waals surface area contributed by atoms with E-state index in [1.807, 2.05) is 38.1 Å². The van der Waals surface area contributed by atoms with Gasteiger partial charge in [-0.05, 0) is 55.8 Å². The minimum Gasteiger partial charge on any atom is -0.491 e. The lowest BCUT2D eigenvalue weighted by molar-refractivity contribution is -0.116. The number of carbonyl (C=O) groups is 1. The number of para-hydroxylation sites is 1. The van der Waals surface area contributed by atoms with Gasteiger partial charge in [0.05, 0.1) is 0 Å². The molecule has 0 saturated carbocycles. The monoisotopic (exact) mass is 552 g/mol. The van der Waals surface area contributed by atoms with Gasteiger partial charge < -0.3 is 25.4 Å². The first kappa shape index (κ1) is 31.9. The van der Waals surface area contributed by atoms with Crippen LogP contribution in [0.15, 0.2) is 54.6 Å². The van der Waals surface area contributed by atoms with E-state index in [-0.39, 0.29) is 12.5 Å². The summed E-state index contributed by atoms with van der Waals surface area (Å²) < 4.78 is 5.63. The molecule has 0 aromatic heterocycles. The van der Waals surface area contributed by atoms with Crippen molar-refractivity contribution in [3.63, 3.8) is 0 Å². The number of hydrogen-bond acceptors (Lipinski definition) is 6. The molecule has 1 saturated heterocycles. The molecule has 7 heteroatoms. The second-order valence-electron chi connectivity index (χ2n) is 11.3. The van der Waals surface area contributed by atoms with E-state index in [4.69, 9.17) is 4.74 Å². The van der Waals surface area contributed by atoms with Gasteiger partial charge in [0.15, 0.2) is 0 Å². The Hall–Kier alpha value is -2.61. The Balaban J connectivity index is 1.12. The molecule has 0 bridgehead atoms. The van der Waals surface area contributed by atoms with Crippen LogP contribution in [0.2, 0.25) is 0 Å².